The van der Waals surface area contributed by atoms with E-state index < -0.39 is 5.97 Å². The van der Waals surface area contributed by atoms with E-state index in [1.165, 1.54) is 0 Å². The summed E-state index contributed by atoms with van der Waals surface area (Å²) in [5.74, 6) is -0.718. The van der Waals surface area contributed by atoms with Gasteiger partial charge >= 0.3 is 5.97 Å². The van der Waals surface area contributed by atoms with Crippen LogP contribution in [-0.2, 0) is 14.3 Å². The Balaban J connectivity index is 2.15. The van der Waals surface area contributed by atoms with Gasteiger partial charge in [-0.15, -0.1) is 0 Å². The van der Waals surface area contributed by atoms with Crippen LogP contribution in [0.15, 0.2) is 63.8 Å². The summed E-state index contributed by atoms with van der Waals surface area (Å²) >= 11 is 3.44. The SMILES string of the molecule is CCOC(=O)C1=C(C)N(c2ccc(C)c(C)c2)C(=O)C1=Cc1cccc(Br)c1. The first kappa shape index (κ1) is 20.1. The molecule has 0 N–H and O–H groups in total. The van der Waals surface area contributed by atoms with Crippen molar-refractivity contribution in [3.05, 3.63) is 80.5 Å². The highest BCUT2D eigenvalue weighted by molar-refractivity contribution is 9.10. The number of halogens is 1. The highest BCUT2D eigenvalue weighted by Crippen LogP contribution is 2.36. The molecule has 1 aliphatic heterocycles. The summed E-state index contributed by atoms with van der Waals surface area (Å²) in [6.45, 7) is 7.81. The van der Waals surface area contributed by atoms with Gasteiger partial charge in [0.25, 0.3) is 5.91 Å². The second-order valence-electron chi connectivity index (χ2n) is 6.70. The summed E-state index contributed by atoms with van der Waals surface area (Å²) in [6.07, 6.45) is 1.74. The molecule has 1 heterocycles. The molecule has 0 bridgehead atoms. The van der Waals surface area contributed by atoms with Gasteiger partial charge in [0.2, 0.25) is 0 Å². The second-order valence-corrected chi connectivity index (χ2v) is 7.62. The summed E-state index contributed by atoms with van der Waals surface area (Å²) in [4.78, 5) is 27.6. The first-order valence-electron chi connectivity index (χ1n) is 9.10. The number of ether oxygens (including phenoxy) is 1. The van der Waals surface area contributed by atoms with Gasteiger partial charge in [-0.05, 0) is 74.7 Å². The van der Waals surface area contributed by atoms with Crippen LogP contribution in [0.1, 0.15) is 30.5 Å². The van der Waals surface area contributed by atoms with E-state index in [0.717, 1.165) is 26.9 Å². The van der Waals surface area contributed by atoms with Crippen molar-refractivity contribution in [1.29, 1.82) is 0 Å². The Hall–Kier alpha value is -2.66. The number of aryl methyl sites for hydroxylation is 2. The van der Waals surface area contributed by atoms with Crippen LogP contribution in [0, 0.1) is 13.8 Å². The van der Waals surface area contributed by atoms with E-state index >= 15 is 0 Å². The Bertz CT molecular complexity index is 1020. The van der Waals surface area contributed by atoms with E-state index in [-0.39, 0.29) is 12.5 Å². The molecule has 0 aliphatic carbocycles. The Morgan fingerprint density at radius 1 is 1.11 bits per heavy atom. The van der Waals surface area contributed by atoms with Crippen molar-refractivity contribution in [2.75, 3.05) is 11.5 Å². The zero-order valence-corrected chi connectivity index (χ0v) is 18.0. The maximum atomic E-state index is 13.3. The standard InChI is InChI=1S/C23H22BrNO3/c1-5-28-23(27)21-16(4)25(19-10-9-14(2)15(3)11-19)22(26)20(21)13-17-7-6-8-18(24)12-17/h6-13H,5H2,1-4H3. The van der Waals surface area contributed by atoms with Crippen LogP contribution < -0.4 is 4.90 Å². The number of esters is 1. The van der Waals surface area contributed by atoms with E-state index in [2.05, 4.69) is 15.9 Å². The molecule has 1 amide bonds. The largest absolute Gasteiger partial charge is 0.462 e. The van der Waals surface area contributed by atoms with Gasteiger partial charge < -0.3 is 4.74 Å². The lowest BCUT2D eigenvalue weighted by molar-refractivity contribution is -0.138. The van der Waals surface area contributed by atoms with Gasteiger partial charge in [0.1, 0.15) is 0 Å². The molecule has 4 nitrogen and oxygen atoms in total. The Morgan fingerprint density at radius 2 is 1.86 bits per heavy atom. The predicted molar refractivity (Wildman–Crippen MR) is 115 cm³/mol. The molecule has 3 rings (SSSR count). The first-order chi connectivity index (χ1) is 13.3. The number of rotatable bonds is 4. The van der Waals surface area contributed by atoms with Crippen LogP contribution in [0.3, 0.4) is 0 Å². The fourth-order valence-electron chi connectivity index (χ4n) is 3.22. The van der Waals surface area contributed by atoms with Gasteiger partial charge in [-0.3, -0.25) is 9.69 Å². The van der Waals surface area contributed by atoms with E-state index in [9.17, 15) is 9.59 Å². The van der Waals surface area contributed by atoms with Gasteiger partial charge in [-0.25, -0.2) is 4.79 Å². The quantitative estimate of drug-likeness (QED) is 0.477. The maximum Gasteiger partial charge on any atom is 0.340 e. The fraction of sp³-hybridized carbons (Fsp3) is 0.217. The molecule has 0 saturated carbocycles. The Morgan fingerprint density at radius 3 is 2.50 bits per heavy atom. The molecular formula is C23H22BrNO3. The molecule has 0 fully saturated rings. The number of benzene rings is 2. The van der Waals surface area contributed by atoms with Crippen LogP contribution in [0.5, 0.6) is 0 Å². The lowest BCUT2D eigenvalue weighted by Gasteiger charge is -2.19. The number of allylic oxidation sites excluding steroid dienone is 1. The van der Waals surface area contributed by atoms with Crippen molar-refractivity contribution in [3.8, 4) is 0 Å². The molecule has 144 valence electrons. The molecule has 28 heavy (non-hydrogen) atoms. The van der Waals surface area contributed by atoms with Crippen LogP contribution in [-0.4, -0.2) is 18.5 Å². The molecule has 5 heteroatoms. The third-order valence-electron chi connectivity index (χ3n) is 4.79. The summed E-state index contributed by atoms with van der Waals surface area (Å²) < 4.78 is 6.14. The zero-order chi connectivity index (χ0) is 20.4. The lowest BCUT2D eigenvalue weighted by Crippen LogP contribution is -2.24. The number of anilines is 1. The summed E-state index contributed by atoms with van der Waals surface area (Å²) in [6, 6.07) is 13.4. The lowest BCUT2D eigenvalue weighted by atomic mass is 10.0. The van der Waals surface area contributed by atoms with E-state index in [1.54, 1.807) is 24.8 Å². The number of hydrogen-bond acceptors (Lipinski definition) is 3. The minimum absolute atomic E-state index is 0.233. The number of hydrogen-bond donors (Lipinski definition) is 0. The van der Waals surface area contributed by atoms with Crippen molar-refractivity contribution in [1.82, 2.24) is 0 Å². The van der Waals surface area contributed by atoms with E-state index in [1.807, 2.05) is 56.3 Å². The van der Waals surface area contributed by atoms with Crippen molar-refractivity contribution < 1.29 is 14.3 Å². The average molecular weight is 440 g/mol. The number of nitrogens with zero attached hydrogens (tertiary/aromatic N) is 1. The fourth-order valence-corrected chi connectivity index (χ4v) is 3.64. The number of carbonyl (C=O) groups excluding carboxylic acids is 2. The van der Waals surface area contributed by atoms with Crippen molar-refractivity contribution >= 4 is 39.6 Å². The molecule has 0 spiro atoms. The van der Waals surface area contributed by atoms with Gasteiger partial charge in [0.05, 0.1) is 17.8 Å². The van der Waals surface area contributed by atoms with Crippen molar-refractivity contribution in [2.45, 2.75) is 27.7 Å². The molecule has 0 saturated heterocycles. The minimum atomic E-state index is -0.485. The Kier molecular flexibility index (Phi) is 5.84. The van der Waals surface area contributed by atoms with Crippen LogP contribution in [0.4, 0.5) is 5.69 Å². The molecule has 2 aromatic carbocycles. The summed E-state index contributed by atoms with van der Waals surface area (Å²) in [5.41, 5.74) is 5.03. The van der Waals surface area contributed by atoms with Crippen molar-refractivity contribution in [2.24, 2.45) is 0 Å². The zero-order valence-electron chi connectivity index (χ0n) is 16.4. The minimum Gasteiger partial charge on any atom is -0.462 e. The summed E-state index contributed by atoms with van der Waals surface area (Å²) in [5, 5.41) is 0. The first-order valence-corrected chi connectivity index (χ1v) is 9.90. The molecule has 0 atom stereocenters. The van der Waals surface area contributed by atoms with E-state index in [4.69, 9.17) is 4.74 Å². The third-order valence-corrected chi connectivity index (χ3v) is 5.28. The van der Waals surface area contributed by atoms with Gasteiger partial charge in [0.15, 0.2) is 0 Å². The number of amides is 1. The predicted octanol–water partition coefficient (Wildman–Crippen LogP) is 5.33. The van der Waals surface area contributed by atoms with E-state index in [0.29, 0.717) is 16.8 Å². The second kappa shape index (κ2) is 8.15. The molecule has 0 radical (unpaired) electrons. The molecular weight excluding hydrogens is 418 g/mol. The topological polar surface area (TPSA) is 46.6 Å². The highest BCUT2D eigenvalue weighted by atomic mass is 79.9. The molecule has 0 unspecified atom stereocenters. The average Bonchev–Trinajstić information content (AvgIpc) is 2.88. The molecule has 2 aromatic rings. The highest BCUT2D eigenvalue weighted by Gasteiger charge is 2.38. The van der Waals surface area contributed by atoms with Gasteiger partial charge in [-0.1, -0.05) is 34.1 Å². The van der Waals surface area contributed by atoms with Crippen LogP contribution >= 0.6 is 15.9 Å². The normalized spacial score (nSPS) is 15.5. The third kappa shape index (κ3) is 3.80. The molecule has 1 aliphatic rings. The van der Waals surface area contributed by atoms with Crippen LogP contribution in [0.2, 0.25) is 0 Å². The maximum absolute atomic E-state index is 13.3. The monoisotopic (exact) mass is 439 g/mol. The smallest absolute Gasteiger partial charge is 0.340 e. The van der Waals surface area contributed by atoms with Crippen molar-refractivity contribution in [3.63, 3.8) is 0 Å². The number of carbonyl (C=O) groups is 2. The summed E-state index contributed by atoms with van der Waals surface area (Å²) in [7, 11) is 0. The van der Waals surface area contributed by atoms with Gasteiger partial charge in [-0.2, -0.15) is 0 Å². The molecule has 0 aromatic heterocycles. The van der Waals surface area contributed by atoms with Gasteiger partial charge in [0, 0.05) is 15.9 Å². The van der Waals surface area contributed by atoms with Crippen LogP contribution in [0.25, 0.3) is 6.08 Å². The Labute approximate surface area is 173 Å².